The maximum absolute atomic E-state index is 11.6. The van der Waals surface area contributed by atoms with Gasteiger partial charge in [-0.05, 0) is 31.9 Å². The Kier molecular flexibility index (Phi) is 2.82. The fraction of sp³-hybridized carbons (Fsp3) is 0.357. The van der Waals surface area contributed by atoms with Gasteiger partial charge in [0.1, 0.15) is 0 Å². The van der Waals surface area contributed by atoms with Crippen molar-refractivity contribution in [2.24, 2.45) is 0 Å². The van der Waals surface area contributed by atoms with Gasteiger partial charge in [0.25, 0.3) is 0 Å². The zero-order valence-electron chi connectivity index (χ0n) is 10.1. The van der Waals surface area contributed by atoms with Crippen LogP contribution in [0.3, 0.4) is 0 Å². The highest BCUT2D eigenvalue weighted by Gasteiger charge is 2.12. The maximum Gasteiger partial charge on any atom is 0.160 e. The molecule has 16 heavy (non-hydrogen) atoms. The van der Waals surface area contributed by atoms with Crippen LogP contribution in [0.25, 0.3) is 10.9 Å². The van der Waals surface area contributed by atoms with Crippen molar-refractivity contribution >= 4 is 16.7 Å². The van der Waals surface area contributed by atoms with Crippen LogP contribution in [0.2, 0.25) is 0 Å². The zero-order chi connectivity index (χ0) is 11.7. The Morgan fingerprint density at radius 1 is 1.31 bits per heavy atom. The number of hydrogen-bond donors (Lipinski definition) is 0. The topological polar surface area (TPSA) is 22.0 Å². The molecule has 2 heteroatoms. The summed E-state index contributed by atoms with van der Waals surface area (Å²) in [6.07, 6.45) is 3.13. The van der Waals surface area contributed by atoms with Crippen molar-refractivity contribution in [2.45, 2.75) is 33.7 Å². The van der Waals surface area contributed by atoms with Crippen molar-refractivity contribution in [1.82, 2.24) is 4.57 Å². The summed E-state index contributed by atoms with van der Waals surface area (Å²) >= 11 is 0. The van der Waals surface area contributed by atoms with Crippen molar-refractivity contribution < 1.29 is 4.79 Å². The Labute approximate surface area is 95.9 Å². The summed E-state index contributed by atoms with van der Waals surface area (Å²) in [5.41, 5.74) is 3.29. The molecule has 0 aliphatic rings. The van der Waals surface area contributed by atoms with E-state index >= 15 is 0 Å². The lowest BCUT2D eigenvalue weighted by molar-refractivity contribution is 0.101. The van der Waals surface area contributed by atoms with Crippen LogP contribution >= 0.6 is 0 Å². The largest absolute Gasteiger partial charge is 0.347 e. The molecule has 0 spiro atoms. The molecule has 0 saturated carbocycles. The summed E-state index contributed by atoms with van der Waals surface area (Å²) < 4.78 is 2.21. The predicted molar refractivity (Wildman–Crippen MR) is 67.0 cm³/mol. The number of carbonyl (C=O) groups excluding carboxylic acids is 1. The first-order valence-corrected chi connectivity index (χ1v) is 5.80. The van der Waals surface area contributed by atoms with Gasteiger partial charge in [-0.2, -0.15) is 0 Å². The van der Waals surface area contributed by atoms with E-state index in [1.54, 1.807) is 6.92 Å². The Hall–Kier alpha value is -1.57. The molecule has 0 aliphatic carbocycles. The lowest BCUT2D eigenvalue weighted by atomic mass is 10.0. The first kappa shape index (κ1) is 10.9. The number of aryl methyl sites for hydroxylation is 2. The predicted octanol–water partition coefficient (Wildman–Crippen LogP) is 3.43. The summed E-state index contributed by atoms with van der Waals surface area (Å²) in [6.45, 7) is 6.83. The molecule has 0 N–H and O–H groups in total. The summed E-state index contributed by atoms with van der Waals surface area (Å²) in [7, 11) is 0. The van der Waals surface area contributed by atoms with E-state index < -0.39 is 0 Å². The number of Topliss-reactive ketones (excluding diaryl/α,β-unsaturated/α-hetero) is 1. The molecular formula is C14H17NO. The molecule has 1 heterocycles. The number of rotatable bonds is 3. The molecule has 2 nitrogen and oxygen atoms in total. The molecule has 1 aromatic heterocycles. The van der Waals surface area contributed by atoms with E-state index in [2.05, 4.69) is 30.7 Å². The molecule has 0 bridgehead atoms. The van der Waals surface area contributed by atoms with Crippen LogP contribution < -0.4 is 0 Å². The van der Waals surface area contributed by atoms with Crippen molar-refractivity contribution in [3.05, 3.63) is 35.5 Å². The number of ketones is 1. The molecule has 0 fully saturated rings. The number of hydrogen-bond acceptors (Lipinski definition) is 1. The highest BCUT2D eigenvalue weighted by molar-refractivity contribution is 6.07. The lowest BCUT2D eigenvalue weighted by Gasteiger charge is -2.03. The van der Waals surface area contributed by atoms with Gasteiger partial charge in [0.05, 0.1) is 0 Å². The standard InChI is InChI=1S/C14H17NO/c1-4-11-9-15(5-2)13-8-6-7-12(10(3)16)14(11)13/h6-9H,4-5H2,1-3H3. The zero-order valence-corrected chi connectivity index (χ0v) is 10.1. The van der Waals surface area contributed by atoms with Gasteiger partial charge >= 0.3 is 0 Å². The number of carbonyl (C=O) groups is 1. The van der Waals surface area contributed by atoms with Crippen LogP contribution in [-0.4, -0.2) is 10.4 Å². The lowest BCUT2D eigenvalue weighted by Crippen LogP contribution is -1.95. The van der Waals surface area contributed by atoms with E-state index in [0.717, 1.165) is 23.9 Å². The van der Waals surface area contributed by atoms with Crippen molar-refractivity contribution in [2.75, 3.05) is 0 Å². The van der Waals surface area contributed by atoms with Crippen LogP contribution in [0.5, 0.6) is 0 Å². The Bertz CT molecular complexity index is 537. The third kappa shape index (κ3) is 1.54. The Morgan fingerprint density at radius 3 is 2.62 bits per heavy atom. The van der Waals surface area contributed by atoms with Crippen molar-refractivity contribution in [3.8, 4) is 0 Å². The molecule has 0 aliphatic heterocycles. The van der Waals surface area contributed by atoms with Crippen LogP contribution in [0, 0.1) is 0 Å². The van der Waals surface area contributed by atoms with Gasteiger partial charge in [0.15, 0.2) is 5.78 Å². The van der Waals surface area contributed by atoms with Gasteiger partial charge in [-0.1, -0.05) is 19.1 Å². The minimum atomic E-state index is 0.147. The molecule has 2 aromatic rings. The van der Waals surface area contributed by atoms with Gasteiger partial charge in [-0.25, -0.2) is 0 Å². The summed E-state index contributed by atoms with van der Waals surface area (Å²) in [4.78, 5) is 11.6. The molecule has 0 unspecified atom stereocenters. The third-order valence-electron chi connectivity index (χ3n) is 3.09. The second-order valence-electron chi connectivity index (χ2n) is 4.05. The van der Waals surface area contributed by atoms with E-state index in [4.69, 9.17) is 0 Å². The fourth-order valence-electron chi connectivity index (χ4n) is 2.26. The minimum Gasteiger partial charge on any atom is -0.347 e. The van der Waals surface area contributed by atoms with E-state index in [1.165, 1.54) is 11.1 Å². The van der Waals surface area contributed by atoms with Gasteiger partial charge in [0.2, 0.25) is 0 Å². The second kappa shape index (κ2) is 4.12. The molecule has 0 saturated heterocycles. The van der Waals surface area contributed by atoms with Crippen LogP contribution in [0.4, 0.5) is 0 Å². The van der Waals surface area contributed by atoms with Gasteiger partial charge < -0.3 is 4.57 Å². The quantitative estimate of drug-likeness (QED) is 0.719. The summed E-state index contributed by atoms with van der Waals surface area (Å²) in [5, 5.41) is 1.14. The van der Waals surface area contributed by atoms with Crippen molar-refractivity contribution in [1.29, 1.82) is 0 Å². The second-order valence-corrected chi connectivity index (χ2v) is 4.05. The Balaban J connectivity index is 2.84. The van der Waals surface area contributed by atoms with Crippen molar-refractivity contribution in [3.63, 3.8) is 0 Å². The van der Waals surface area contributed by atoms with Gasteiger partial charge in [0, 0.05) is 29.2 Å². The number of aromatic nitrogens is 1. The van der Waals surface area contributed by atoms with Gasteiger partial charge in [-0.15, -0.1) is 0 Å². The normalized spacial score (nSPS) is 10.9. The van der Waals surface area contributed by atoms with Crippen LogP contribution in [-0.2, 0) is 13.0 Å². The average molecular weight is 215 g/mol. The molecule has 0 radical (unpaired) electrons. The molecule has 0 amide bonds. The monoisotopic (exact) mass is 215 g/mol. The molecular weight excluding hydrogens is 198 g/mol. The minimum absolute atomic E-state index is 0.147. The molecule has 84 valence electrons. The number of benzene rings is 1. The van der Waals surface area contributed by atoms with Crippen LogP contribution in [0.1, 0.15) is 36.7 Å². The van der Waals surface area contributed by atoms with E-state index in [1.807, 2.05) is 12.1 Å². The average Bonchev–Trinajstić information content (AvgIpc) is 2.66. The molecule has 2 rings (SSSR count). The number of nitrogens with zero attached hydrogens (tertiary/aromatic N) is 1. The summed E-state index contributed by atoms with van der Waals surface area (Å²) in [6, 6.07) is 5.97. The molecule has 0 atom stereocenters. The smallest absolute Gasteiger partial charge is 0.160 e. The Morgan fingerprint density at radius 2 is 2.06 bits per heavy atom. The first-order valence-electron chi connectivity index (χ1n) is 5.80. The third-order valence-corrected chi connectivity index (χ3v) is 3.09. The number of fused-ring (bicyclic) bond motifs is 1. The summed E-state index contributed by atoms with van der Waals surface area (Å²) in [5.74, 6) is 0.147. The molecule has 1 aromatic carbocycles. The van der Waals surface area contributed by atoms with Gasteiger partial charge in [-0.3, -0.25) is 4.79 Å². The first-order chi connectivity index (χ1) is 7.69. The maximum atomic E-state index is 11.6. The highest BCUT2D eigenvalue weighted by Crippen LogP contribution is 2.26. The van der Waals surface area contributed by atoms with E-state index in [9.17, 15) is 4.79 Å². The van der Waals surface area contributed by atoms with Crippen LogP contribution in [0.15, 0.2) is 24.4 Å². The SMILES string of the molecule is CCc1cn(CC)c2cccc(C(C)=O)c12. The fourth-order valence-corrected chi connectivity index (χ4v) is 2.26. The highest BCUT2D eigenvalue weighted by atomic mass is 16.1. The van der Waals surface area contributed by atoms with E-state index in [-0.39, 0.29) is 5.78 Å². The van der Waals surface area contributed by atoms with E-state index in [0.29, 0.717) is 0 Å².